The molecule has 0 aliphatic heterocycles. The summed E-state index contributed by atoms with van der Waals surface area (Å²) >= 11 is 12.4. The van der Waals surface area contributed by atoms with Gasteiger partial charge in [0.25, 0.3) is 0 Å². The molecule has 0 saturated heterocycles. The second-order valence-corrected chi connectivity index (χ2v) is 6.12. The Morgan fingerprint density at radius 3 is 2.70 bits per heavy atom. The maximum Gasteiger partial charge on any atom is 0.244 e. The number of anilines is 1. The highest BCUT2D eigenvalue weighted by Crippen LogP contribution is 2.32. The zero-order valence-corrected chi connectivity index (χ0v) is 14.2. The first-order valence-electron chi connectivity index (χ1n) is 7.13. The largest absolute Gasteiger partial charge is 0.322 e. The fourth-order valence-corrected chi connectivity index (χ4v) is 2.95. The molecule has 0 fully saturated rings. The van der Waals surface area contributed by atoms with Crippen LogP contribution in [0.3, 0.4) is 0 Å². The fraction of sp³-hybridized carbons (Fsp3) is 0.176. The molecule has 3 rings (SSSR count). The van der Waals surface area contributed by atoms with Crippen LogP contribution in [-0.4, -0.2) is 15.5 Å². The number of carbonyl (C=O) groups excluding carboxylic acids is 1. The Morgan fingerprint density at radius 2 is 1.91 bits per heavy atom. The summed E-state index contributed by atoms with van der Waals surface area (Å²) in [7, 11) is 0. The van der Waals surface area contributed by atoms with Gasteiger partial charge in [0.1, 0.15) is 12.4 Å². The molecule has 1 aromatic heterocycles. The van der Waals surface area contributed by atoms with E-state index in [0.717, 1.165) is 22.4 Å². The zero-order valence-electron chi connectivity index (χ0n) is 12.7. The van der Waals surface area contributed by atoms with Gasteiger partial charge in [0, 0.05) is 0 Å². The third-order valence-corrected chi connectivity index (χ3v) is 4.50. The Labute approximate surface area is 144 Å². The third kappa shape index (κ3) is 3.05. The van der Waals surface area contributed by atoms with Crippen LogP contribution in [0, 0.1) is 13.8 Å². The van der Waals surface area contributed by atoms with Crippen molar-refractivity contribution in [1.29, 1.82) is 0 Å². The maximum atomic E-state index is 12.4. The molecular weight excluding hydrogens is 333 g/mol. The van der Waals surface area contributed by atoms with Gasteiger partial charge in [-0.05, 0) is 37.6 Å². The molecule has 0 radical (unpaired) electrons. The van der Waals surface area contributed by atoms with Crippen molar-refractivity contribution >= 4 is 45.8 Å². The molecule has 0 bridgehead atoms. The number of carbonyl (C=O) groups is 1. The highest BCUT2D eigenvalue weighted by atomic mass is 35.5. The van der Waals surface area contributed by atoms with Crippen molar-refractivity contribution in [1.82, 2.24) is 9.55 Å². The minimum Gasteiger partial charge on any atom is -0.322 e. The van der Waals surface area contributed by atoms with Crippen LogP contribution in [0.2, 0.25) is 10.0 Å². The van der Waals surface area contributed by atoms with E-state index in [4.69, 9.17) is 23.2 Å². The van der Waals surface area contributed by atoms with Crippen molar-refractivity contribution in [3.63, 3.8) is 0 Å². The first kappa shape index (κ1) is 15.8. The number of fused-ring (bicyclic) bond motifs is 1. The lowest BCUT2D eigenvalue weighted by atomic mass is 10.2. The van der Waals surface area contributed by atoms with Crippen LogP contribution >= 0.6 is 23.2 Å². The molecule has 0 aliphatic rings. The van der Waals surface area contributed by atoms with Crippen LogP contribution in [0.25, 0.3) is 11.0 Å². The number of hydrogen-bond acceptors (Lipinski definition) is 2. The summed E-state index contributed by atoms with van der Waals surface area (Å²) in [5.74, 6) is 0.577. The SMILES string of the molecule is Cc1ccc(Cl)c(NC(=O)Cn2c(C)nc3ccccc32)c1Cl. The minimum atomic E-state index is -0.203. The Bertz CT molecular complexity index is 902. The van der Waals surface area contributed by atoms with Crippen molar-refractivity contribution in [2.24, 2.45) is 0 Å². The van der Waals surface area contributed by atoms with Crippen LogP contribution in [0.15, 0.2) is 36.4 Å². The van der Waals surface area contributed by atoms with Crippen molar-refractivity contribution in [2.75, 3.05) is 5.32 Å². The number of para-hydroxylation sites is 2. The molecule has 6 heteroatoms. The van der Waals surface area contributed by atoms with Gasteiger partial charge >= 0.3 is 0 Å². The Balaban J connectivity index is 1.88. The van der Waals surface area contributed by atoms with Crippen LogP contribution in [0.4, 0.5) is 5.69 Å². The zero-order chi connectivity index (χ0) is 16.6. The average molecular weight is 348 g/mol. The van der Waals surface area contributed by atoms with Crippen molar-refractivity contribution in [2.45, 2.75) is 20.4 Å². The van der Waals surface area contributed by atoms with E-state index in [0.29, 0.717) is 15.7 Å². The second kappa shape index (κ2) is 6.22. The number of nitrogens with zero attached hydrogens (tertiary/aromatic N) is 2. The molecule has 1 heterocycles. The quantitative estimate of drug-likeness (QED) is 0.752. The molecule has 1 amide bonds. The van der Waals surface area contributed by atoms with Crippen molar-refractivity contribution < 1.29 is 4.79 Å². The molecule has 0 atom stereocenters. The van der Waals surface area contributed by atoms with Gasteiger partial charge in [-0.25, -0.2) is 4.98 Å². The van der Waals surface area contributed by atoms with Crippen LogP contribution in [0.1, 0.15) is 11.4 Å². The average Bonchev–Trinajstić information content (AvgIpc) is 2.84. The van der Waals surface area contributed by atoms with Gasteiger partial charge in [0.05, 0.1) is 26.8 Å². The number of rotatable bonds is 3. The van der Waals surface area contributed by atoms with Gasteiger partial charge < -0.3 is 9.88 Å². The maximum absolute atomic E-state index is 12.4. The molecule has 0 saturated carbocycles. The van der Waals surface area contributed by atoms with Crippen LogP contribution in [0.5, 0.6) is 0 Å². The smallest absolute Gasteiger partial charge is 0.244 e. The summed E-state index contributed by atoms with van der Waals surface area (Å²) in [6.07, 6.45) is 0. The predicted molar refractivity (Wildman–Crippen MR) is 94.3 cm³/mol. The lowest BCUT2D eigenvalue weighted by Gasteiger charge is -2.12. The van der Waals surface area contributed by atoms with Crippen LogP contribution in [-0.2, 0) is 11.3 Å². The fourth-order valence-electron chi connectivity index (χ4n) is 2.49. The number of hydrogen-bond donors (Lipinski definition) is 1. The van der Waals surface area contributed by atoms with E-state index >= 15 is 0 Å². The number of imidazole rings is 1. The summed E-state index contributed by atoms with van der Waals surface area (Å²) in [4.78, 5) is 16.9. The first-order chi connectivity index (χ1) is 11.0. The van der Waals surface area contributed by atoms with E-state index in [1.807, 2.05) is 48.7 Å². The van der Waals surface area contributed by atoms with Gasteiger partial charge in [-0.3, -0.25) is 4.79 Å². The topological polar surface area (TPSA) is 46.9 Å². The highest BCUT2D eigenvalue weighted by molar-refractivity contribution is 6.40. The van der Waals surface area contributed by atoms with E-state index in [9.17, 15) is 4.79 Å². The van der Waals surface area contributed by atoms with E-state index < -0.39 is 0 Å². The monoisotopic (exact) mass is 347 g/mol. The summed E-state index contributed by atoms with van der Waals surface area (Å²) in [6, 6.07) is 11.2. The first-order valence-corrected chi connectivity index (χ1v) is 7.89. The Kier molecular flexibility index (Phi) is 4.28. The summed E-state index contributed by atoms with van der Waals surface area (Å²) in [5.41, 5.74) is 3.09. The van der Waals surface area contributed by atoms with Gasteiger partial charge in [-0.2, -0.15) is 0 Å². The predicted octanol–water partition coefficient (Wildman–Crippen LogP) is 4.60. The normalized spacial score (nSPS) is 11.0. The Morgan fingerprint density at radius 1 is 1.17 bits per heavy atom. The van der Waals surface area contributed by atoms with Crippen LogP contribution < -0.4 is 5.32 Å². The highest BCUT2D eigenvalue weighted by Gasteiger charge is 2.14. The lowest BCUT2D eigenvalue weighted by Crippen LogP contribution is -2.20. The number of nitrogens with one attached hydrogen (secondary N) is 1. The molecule has 1 N–H and O–H groups in total. The van der Waals surface area contributed by atoms with E-state index in [-0.39, 0.29) is 12.5 Å². The number of aromatic nitrogens is 2. The van der Waals surface area contributed by atoms with Crippen molar-refractivity contribution in [3.05, 3.63) is 57.8 Å². The molecule has 2 aromatic carbocycles. The summed E-state index contributed by atoms with van der Waals surface area (Å²) in [6.45, 7) is 3.88. The summed E-state index contributed by atoms with van der Waals surface area (Å²) < 4.78 is 1.86. The van der Waals surface area contributed by atoms with Crippen molar-refractivity contribution in [3.8, 4) is 0 Å². The molecule has 23 heavy (non-hydrogen) atoms. The van der Waals surface area contributed by atoms with Gasteiger partial charge in [-0.1, -0.05) is 41.4 Å². The Hall–Kier alpha value is -2.04. The second-order valence-electron chi connectivity index (χ2n) is 5.34. The molecule has 118 valence electrons. The molecule has 4 nitrogen and oxygen atoms in total. The standard InChI is InChI=1S/C17H15Cl2N3O/c1-10-7-8-12(18)17(16(10)19)21-15(23)9-22-11(2)20-13-5-3-4-6-14(13)22/h3-8H,9H2,1-2H3,(H,21,23). The number of benzene rings is 2. The summed E-state index contributed by atoms with van der Waals surface area (Å²) in [5, 5.41) is 3.67. The molecule has 0 aliphatic carbocycles. The molecule has 0 spiro atoms. The van der Waals surface area contributed by atoms with E-state index in [2.05, 4.69) is 10.3 Å². The van der Waals surface area contributed by atoms with Gasteiger partial charge in [0.15, 0.2) is 0 Å². The molecule has 0 unspecified atom stereocenters. The third-order valence-electron chi connectivity index (χ3n) is 3.70. The number of aryl methyl sites for hydroxylation is 2. The van der Waals surface area contributed by atoms with E-state index in [1.165, 1.54) is 0 Å². The number of amides is 1. The molecular formula is C17H15Cl2N3O. The van der Waals surface area contributed by atoms with E-state index in [1.54, 1.807) is 6.07 Å². The minimum absolute atomic E-state index is 0.146. The lowest BCUT2D eigenvalue weighted by molar-refractivity contribution is -0.116. The number of halogens is 2. The van der Waals surface area contributed by atoms with Gasteiger partial charge in [-0.15, -0.1) is 0 Å². The van der Waals surface area contributed by atoms with Gasteiger partial charge in [0.2, 0.25) is 5.91 Å². The molecule has 3 aromatic rings.